The molecule has 2 heterocycles. The number of benzene rings is 1. The number of halogens is 4. The van der Waals surface area contributed by atoms with Crippen LogP contribution in [-0.4, -0.2) is 34.6 Å². The zero-order valence-corrected chi connectivity index (χ0v) is 15.9. The van der Waals surface area contributed by atoms with Crippen LogP contribution in [0.5, 0.6) is 0 Å². The van der Waals surface area contributed by atoms with Crippen molar-refractivity contribution in [3.05, 3.63) is 63.6 Å². The van der Waals surface area contributed by atoms with Gasteiger partial charge in [0, 0.05) is 21.8 Å². The number of hydrogen-bond donors (Lipinski definition) is 2. The molecular formula is C18H13BrF3N3O3. The van der Waals surface area contributed by atoms with Crippen molar-refractivity contribution in [3.63, 3.8) is 0 Å². The minimum atomic E-state index is -4.53. The summed E-state index contributed by atoms with van der Waals surface area (Å²) >= 11 is 3.33. The Balaban J connectivity index is 1.86. The third kappa shape index (κ3) is 4.33. The molecule has 0 bridgehead atoms. The van der Waals surface area contributed by atoms with E-state index in [0.717, 1.165) is 4.47 Å². The topological polar surface area (TPSA) is 88.0 Å². The summed E-state index contributed by atoms with van der Waals surface area (Å²) in [5, 5.41) is 5.67. The number of nitrogens with zero attached hydrogens (tertiary/aromatic N) is 1. The molecule has 0 atom stereocenters. The van der Waals surface area contributed by atoms with E-state index in [1.807, 2.05) is 0 Å². The number of aromatic nitrogens is 2. The number of ketones is 1. The highest BCUT2D eigenvalue weighted by Gasteiger charge is 2.29. The molecule has 1 amide bonds. The van der Waals surface area contributed by atoms with Crippen molar-refractivity contribution >= 4 is 27.6 Å². The van der Waals surface area contributed by atoms with Gasteiger partial charge in [0.05, 0.1) is 5.56 Å². The summed E-state index contributed by atoms with van der Waals surface area (Å²) in [5.41, 5.74) is 1.14. The molecule has 6 nitrogen and oxygen atoms in total. The van der Waals surface area contributed by atoms with Gasteiger partial charge in [0.1, 0.15) is 23.7 Å². The molecule has 0 saturated heterocycles. The number of carbonyl (C=O) groups excluding carboxylic acids is 2. The highest BCUT2D eigenvalue weighted by atomic mass is 79.9. The van der Waals surface area contributed by atoms with E-state index in [9.17, 15) is 22.8 Å². The zero-order chi connectivity index (χ0) is 20.5. The van der Waals surface area contributed by atoms with Gasteiger partial charge in [-0.3, -0.25) is 9.59 Å². The van der Waals surface area contributed by atoms with Crippen molar-refractivity contribution in [2.75, 3.05) is 6.54 Å². The lowest BCUT2D eigenvalue weighted by atomic mass is 9.99. The third-order valence-corrected chi connectivity index (χ3v) is 4.38. The molecule has 3 aromatic rings. The molecule has 28 heavy (non-hydrogen) atoms. The summed E-state index contributed by atoms with van der Waals surface area (Å²) in [4.78, 5) is 27.2. The highest BCUT2D eigenvalue weighted by Crippen LogP contribution is 2.28. The van der Waals surface area contributed by atoms with Crippen molar-refractivity contribution in [2.24, 2.45) is 0 Å². The Morgan fingerprint density at radius 3 is 2.57 bits per heavy atom. The Morgan fingerprint density at radius 1 is 1.25 bits per heavy atom. The molecule has 2 aromatic heterocycles. The number of aromatic amines is 1. The molecule has 0 radical (unpaired) electrons. The highest BCUT2D eigenvalue weighted by molar-refractivity contribution is 9.10. The number of rotatable bonds is 5. The van der Waals surface area contributed by atoms with Gasteiger partial charge < -0.3 is 14.8 Å². The summed E-state index contributed by atoms with van der Waals surface area (Å²) in [6.07, 6.45) is -3.28. The van der Waals surface area contributed by atoms with Gasteiger partial charge in [-0.25, -0.2) is 0 Å². The molecule has 0 aliphatic rings. The number of amides is 1. The lowest BCUT2D eigenvalue weighted by molar-refractivity contribution is -0.123. The SMILES string of the molecule is Cc1onc(-c2ccc(Br)cc2)c1C(=O)c1c[nH]c(C(=O)NCC(F)(F)F)c1. The number of H-pyrrole nitrogens is 1. The molecule has 1 aromatic carbocycles. The Hall–Kier alpha value is -2.88. The fraction of sp³-hybridized carbons (Fsp3) is 0.167. The van der Waals surface area contributed by atoms with Gasteiger partial charge in [0.2, 0.25) is 0 Å². The molecule has 0 aliphatic carbocycles. The number of alkyl halides is 3. The average molecular weight is 456 g/mol. The first kappa shape index (κ1) is 19.9. The molecule has 146 valence electrons. The molecule has 0 fully saturated rings. The van der Waals surface area contributed by atoms with Gasteiger partial charge in [-0.2, -0.15) is 13.2 Å². The van der Waals surface area contributed by atoms with E-state index in [1.165, 1.54) is 12.3 Å². The first-order valence-electron chi connectivity index (χ1n) is 7.96. The van der Waals surface area contributed by atoms with E-state index in [-0.39, 0.29) is 22.6 Å². The maximum atomic E-state index is 12.9. The normalized spacial score (nSPS) is 11.5. The standard InChI is InChI=1S/C18H13BrF3N3O3/c1-9-14(15(25-28-9)10-2-4-12(19)5-3-10)16(26)11-6-13(23-7-11)17(27)24-8-18(20,21)22/h2-7,23H,8H2,1H3,(H,24,27). The van der Waals surface area contributed by atoms with Crippen LogP contribution in [0.15, 0.2) is 45.5 Å². The average Bonchev–Trinajstić information content (AvgIpc) is 3.26. The van der Waals surface area contributed by atoms with E-state index in [0.29, 0.717) is 11.3 Å². The number of aryl methyl sites for hydroxylation is 1. The molecule has 0 aliphatic heterocycles. The number of nitrogens with one attached hydrogen (secondary N) is 2. The maximum absolute atomic E-state index is 12.9. The van der Waals surface area contributed by atoms with Crippen LogP contribution < -0.4 is 5.32 Å². The molecule has 0 unspecified atom stereocenters. The number of carbonyl (C=O) groups is 2. The molecule has 10 heteroatoms. The van der Waals surface area contributed by atoms with Crippen molar-refractivity contribution < 1.29 is 27.3 Å². The summed E-state index contributed by atoms with van der Waals surface area (Å²) in [7, 11) is 0. The Kier molecular flexibility index (Phi) is 5.41. The summed E-state index contributed by atoms with van der Waals surface area (Å²) in [6, 6.07) is 8.27. The van der Waals surface area contributed by atoms with Crippen molar-refractivity contribution in [1.82, 2.24) is 15.5 Å². The molecule has 0 saturated carbocycles. The quantitative estimate of drug-likeness (QED) is 0.562. The maximum Gasteiger partial charge on any atom is 0.405 e. The van der Waals surface area contributed by atoms with E-state index in [1.54, 1.807) is 36.5 Å². The minimum absolute atomic E-state index is 0.0989. The van der Waals surface area contributed by atoms with Crippen LogP contribution in [0.25, 0.3) is 11.3 Å². The van der Waals surface area contributed by atoms with Gasteiger partial charge in [0.15, 0.2) is 5.78 Å². The molecular weight excluding hydrogens is 443 g/mol. The fourth-order valence-electron chi connectivity index (χ4n) is 2.52. The van der Waals surface area contributed by atoms with Crippen LogP contribution in [0.2, 0.25) is 0 Å². The third-order valence-electron chi connectivity index (χ3n) is 3.85. The largest absolute Gasteiger partial charge is 0.405 e. The minimum Gasteiger partial charge on any atom is -0.360 e. The van der Waals surface area contributed by atoms with Crippen molar-refractivity contribution in [2.45, 2.75) is 13.1 Å². The molecule has 0 spiro atoms. The molecule has 3 rings (SSSR count). The second kappa shape index (κ2) is 7.63. The fourth-order valence-corrected chi connectivity index (χ4v) is 2.79. The first-order valence-corrected chi connectivity index (χ1v) is 8.75. The second-order valence-corrected chi connectivity index (χ2v) is 6.81. The number of hydrogen-bond acceptors (Lipinski definition) is 4. The van der Waals surface area contributed by atoms with Gasteiger partial charge in [-0.15, -0.1) is 0 Å². The van der Waals surface area contributed by atoms with Gasteiger partial charge in [-0.1, -0.05) is 33.2 Å². The predicted octanol–water partition coefficient (Wildman–Crippen LogP) is 4.26. The first-order chi connectivity index (χ1) is 13.2. The molecule has 2 N–H and O–H groups in total. The van der Waals surface area contributed by atoms with Gasteiger partial charge >= 0.3 is 6.18 Å². The summed E-state index contributed by atoms with van der Waals surface area (Å²) in [5.74, 6) is -1.15. The lowest BCUT2D eigenvalue weighted by Crippen LogP contribution is -2.33. The van der Waals surface area contributed by atoms with Crippen LogP contribution in [0.4, 0.5) is 13.2 Å². The van der Waals surface area contributed by atoms with E-state index < -0.39 is 24.4 Å². The van der Waals surface area contributed by atoms with Crippen molar-refractivity contribution in [1.29, 1.82) is 0 Å². The van der Waals surface area contributed by atoms with Crippen LogP contribution in [-0.2, 0) is 0 Å². The summed E-state index contributed by atoms with van der Waals surface area (Å²) in [6.45, 7) is 0.110. The predicted molar refractivity (Wildman–Crippen MR) is 97.0 cm³/mol. The van der Waals surface area contributed by atoms with Crippen LogP contribution in [0.1, 0.15) is 32.2 Å². The lowest BCUT2D eigenvalue weighted by Gasteiger charge is -2.06. The van der Waals surface area contributed by atoms with E-state index >= 15 is 0 Å². The Bertz CT molecular complexity index is 1020. The smallest absolute Gasteiger partial charge is 0.360 e. The van der Waals surface area contributed by atoms with E-state index in [4.69, 9.17) is 4.52 Å². The Labute approximate surface area is 165 Å². The van der Waals surface area contributed by atoms with Crippen molar-refractivity contribution in [3.8, 4) is 11.3 Å². The van der Waals surface area contributed by atoms with Gasteiger partial charge in [-0.05, 0) is 25.1 Å². The monoisotopic (exact) mass is 455 g/mol. The second-order valence-electron chi connectivity index (χ2n) is 5.90. The van der Waals surface area contributed by atoms with Gasteiger partial charge in [0.25, 0.3) is 5.91 Å². The zero-order valence-electron chi connectivity index (χ0n) is 14.4. The Morgan fingerprint density at radius 2 is 1.93 bits per heavy atom. The van der Waals surface area contributed by atoms with Crippen LogP contribution >= 0.6 is 15.9 Å². The van der Waals surface area contributed by atoms with Crippen LogP contribution in [0, 0.1) is 6.92 Å². The summed E-state index contributed by atoms with van der Waals surface area (Å²) < 4.78 is 42.7. The van der Waals surface area contributed by atoms with Crippen LogP contribution in [0.3, 0.4) is 0 Å². The van der Waals surface area contributed by atoms with E-state index in [2.05, 4.69) is 26.1 Å².